The van der Waals surface area contributed by atoms with Crippen molar-refractivity contribution in [3.63, 3.8) is 0 Å². The van der Waals surface area contributed by atoms with Crippen LogP contribution in [0.25, 0.3) is 0 Å². The average Bonchev–Trinajstić information content (AvgIpc) is 2.93. The second kappa shape index (κ2) is 4.90. The second-order valence-corrected chi connectivity index (χ2v) is 6.87. The first kappa shape index (κ1) is 13.7. The van der Waals surface area contributed by atoms with Gasteiger partial charge in [0.25, 0.3) is 0 Å². The lowest BCUT2D eigenvalue weighted by Crippen LogP contribution is -2.36. The number of aromatic nitrogens is 2. The lowest BCUT2D eigenvalue weighted by atomic mass is 9.68. The van der Waals surface area contributed by atoms with Gasteiger partial charge in [-0.2, -0.15) is 5.10 Å². The van der Waals surface area contributed by atoms with Crippen molar-refractivity contribution in [1.82, 2.24) is 15.1 Å². The van der Waals surface area contributed by atoms with E-state index in [1.807, 2.05) is 13.8 Å². The highest BCUT2D eigenvalue weighted by molar-refractivity contribution is 5.77. The smallest absolute Gasteiger partial charge is 0.223 e. The van der Waals surface area contributed by atoms with Crippen LogP contribution in [0.2, 0.25) is 0 Å². The molecule has 1 saturated heterocycles. The molecule has 1 unspecified atom stereocenters. The molecule has 1 aliphatic heterocycles. The monoisotopic (exact) mass is 275 g/mol. The molecule has 0 bridgehead atoms. The lowest BCUT2D eigenvalue weighted by Gasteiger charge is -2.38. The molecule has 1 N–H and O–H groups in total. The van der Waals surface area contributed by atoms with Gasteiger partial charge in [-0.05, 0) is 50.0 Å². The highest BCUT2D eigenvalue weighted by atomic mass is 16.2. The van der Waals surface area contributed by atoms with Crippen LogP contribution in [0.1, 0.15) is 61.9 Å². The maximum atomic E-state index is 12.5. The molecule has 2 fully saturated rings. The first-order valence-electron chi connectivity index (χ1n) is 7.80. The van der Waals surface area contributed by atoms with Crippen LogP contribution in [0.5, 0.6) is 0 Å². The van der Waals surface area contributed by atoms with Crippen molar-refractivity contribution in [2.24, 2.45) is 5.41 Å². The summed E-state index contributed by atoms with van der Waals surface area (Å²) in [5.74, 6) is 0.570. The Morgan fingerprint density at radius 2 is 2.15 bits per heavy atom. The van der Waals surface area contributed by atoms with Crippen molar-refractivity contribution in [3.8, 4) is 0 Å². The maximum Gasteiger partial charge on any atom is 0.223 e. The third-order valence-electron chi connectivity index (χ3n) is 5.36. The lowest BCUT2D eigenvalue weighted by molar-refractivity contribution is -0.131. The number of amides is 1. The molecule has 1 aliphatic carbocycles. The molecule has 4 heteroatoms. The Kier molecular flexibility index (Phi) is 3.35. The van der Waals surface area contributed by atoms with Crippen molar-refractivity contribution >= 4 is 5.91 Å². The third kappa shape index (κ3) is 2.25. The van der Waals surface area contributed by atoms with Gasteiger partial charge in [-0.3, -0.25) is 9.89 Å². The number of rotatable bonds is 3. The van der Waals surface area contributed by atoms with Crippen LogP contribution in [0.3, 0.4) is 0 Å². The Balaban J connectivity index is 1.62. The fourth-order valence-corrected chi connectivity index (χ4v) is 4.01. The zero-order valence-corrected chi connectivity index (χ0v) is 12.8. The minimum atomic E-state index is 0.249. The Labute approximate surface area is 120 Å². The van der Waals surface area contributed by atoms with Gasteiger partial charge in [0.2, 0.25) is 5.91 Å². The molecule has 1 aromatic heterocycles. The Hall–Kier alpha value is -1.32. The van der Waals surface area contributed by atoms with Crippen molar-refractivity contribution < 1.29 is 4.79 Å². The average molecular weight is 275 g/mol. The summed E-state index contributed by atoms with van der Waals surface area (Å²) < 4.78 is 0. The Morgan fingerprint density at radius 3 is 2.65 bits per heavy atom. The molecule has 4 nitrogen and oxygen atoms in total. The summed E-state index contributed by atoms with van der Waals surface area (Å²) in [7, 11) is 0. The number of likely N-dealkylation sites (tertiary alicyclic amines) is 1. The fraction of sp³-hybridized carbons (Fsp3) is 0.750. The predicted octanol–water partition coefficient (Wildman–Crippen LogP) is 2.92. The molecule has 20 heavy (non-hydrogen) atoms. The summed E-state index contributed by atoms with van der Waals surface area (Å²) in [6, 6.07) is 0. The van der Waals surface area contributed by atoms with Crippen molar-refractivity contribution in [2.45, 2.75) is 58.8 Å². The zero-order chi connectivity index (χ0) is 14.3. The largest absolute Gasteiger partial charge is 0.342 e. The van der Waals surface area contributed by atoms with Gasteiger partial charge in [-0.1, -0.05) is 13.3 Å². The molecule has 1 aromatic rings. The molecule has 1 saturated carbocycles. The van der Waals surface area contributed by atoms with Gasteiger partial charge in [0, 0.05) is 25.2 Å². The first-order valence-corrected chi connectivity index (χ1v) is 7.80. The van der Waals surface area contributed by atoms with Gasteiger partial charge in [0.15, 0.2) is 0 Å². The topological polar surface area (TPSA) is 49.0 Å². The number of nitrogens with zero attached hydrogens (tertiary/aromatic N) is 2. The van der Waals surface area contributed by atoms with E-state index in [-0.39, 0.29) is 5.92 Å². The van der Waals surface area contributed by atoms with Gasteiger partial charge in [-0.15, -0.1) is 0 Å². The van der Waals surface area contributed by atoms with E-state index in [2.05, 4.69) is 22.0 Å². The molecule has 1 spiro atoms. The van der Waals surface area contributed by atoms with E-state index in [1.54, 1.807) is 0 Å². The van der Waals surface area contributed by atoms with Crippen LogP contribution in [0, 0.1) is 19.3 Å². The molecule has 3 rings (SSSR count). The molecular weight excluding hydrogens is 250 g/mol. The van der Waals surface area contributed by atoms with E-state index in [9.17, 15) is 4.79 Å². The molecular formula is C16H25N3O. The van der Waals surface area contributed by atoms with Crippen LogP contribution >= 0.6 is 0 Å². The standard InChI is InChI=1S/C16H25N3O/c1-11(15-12(2)17-18-13(15)3)9-14(20)19-8-7-16(10-19)5-4-6-16/h11H,4-10H2,1-3H3,(H,17,18). The van der Waals surface area contributed by atoms with Crippen molar-refractivity contribution in [1.29, 1.82) is 0 Å². The Bertz CT molecular complexity index is 496. The minimum absolute atomic E-state index is 0.249. The molecule has 0 radical (unpaired) electrons. The number of aryl methyl sites for hydroxylation is 2. The van der Waals surface area contributed by atoms with E-state index >= 15 is 0 Å². The van der Waals surface area contributed by atoms with Gasteiger partial charge >= 0.3 is 0 Å². The van der Waals surface area contributed by atoms with E-state index in [4.69, 9.17) is 0 Å². The molecule has 2 heterocycles. The molecule has 2 aliphatic rings. The number of aromatic amines is 1. The highest BCUT2D eigenvalue weighted by Crippen LogP contribution is 2.48. The number of carbonyl (C=O) groups excluding carboxylic acids is 1. The summed E-state index contributed by atoms with van der Waals surface area (Å²) in [4.78, 5) is 14.6. The van der Waals surface area contributed by atoms with Crippen molar-refractivity contribution in [2.75, 3.05) is 13.1 Å². The van der Waals surface area contributed by atoms with Gasteiger partial charge in [0.1, 0.15) is 0 Å². The third-order valence-corrected chi connectivity index (χ3v) is 5.36. The minimum Gasteiger partial charge on any atom is -0.342 e. The SMILES string of the molecule is Cc1n[nH]c(C)c1C(C)CC(=O)N1CCC2(CCC2)C1. The molecule has 1 amide bonds. The van der Waals surface area contributed by atoms with Gasteiger partial charge in [-0.25, -0.2) is 0 Å². The summed E-state index contributed by atoms with van der Waals surface area (Å²) in [5.41, 5.74) is 3.84. The summed E-state index contributed by atoms with van der Waals surface area (Å²) in [6.45, 7) is 8.16. The summed E-state index contributed by atoms with van der Waals surface area (Å²) in [5, 5.41) is 7.25. The normalized spacial score (nSPS) is 22.1. The second-order valence-electron chi connectivity index (χ2n) is 6.87. The molecule has 0 aromatic carbocycles. The highest BCUT2D eigenvalue weighted by Gasteiger charge is 2.44. The first-order chi connectivity index (χ1) is 9.51. The molecule has 1 atom stereocenters. The van der Waals surface area contributed by atoms with Crippen LogP contribution in [0.15, 0.2) is 0 Å². The molecule has 110 valence electrons. The number of hydrogen-bond donors (Lipinski definition) is 1. The number of hydrogen-bond acceptors (Lipinski definition) is 2. The van der Waals surface area contributed by atoms with E-state index < -0.39 is 0 Å². The summed E-state index contributed by atoms with van der Waals surface area (Å²) in [6.07, 6.45) is 5.83. The van der Waals surface area contributed by atoms with Crippen LogP contribution in [-0.2, 0) is 4.79 Å². The fourth-order valence-electron chi connectivity index (χ4n) is 4.01. The maximum absolute atomic E-state index is 12.5. The summed E-state index contributed by atoms with van der Waals surface area (Å²) >= 11 is 0. The van der Waals surface area contributed by atoms with Crippen LogP contribution < -0.4 is 0 Å². The van der Waals surface area contributed by atoms with E-state index in [0.29, 0.717) is 17.7 Å². The number of H-pyrrole nitrogens is 1. The van der Waals surface area contributed by atoms with E-state index in [1.165, 1.54) is 31.2 Å². The quantitative estimate of drug-likeness (QED) is 0.922. The Morgan fingerprint density at radius 1 is 1.40 bits per heavy atom. The number of carbonyl (C=O) groups is 1. The van der Waals surface area contributed by atoms with Gasteiger partial charge < -0.3 is 4.90 Å². The zero-order valence-electron chi connectivity index (χ0n) is 12.8. The van der Waals surface area contributed by atoms with Crippen LogP contribution in [-0.4, -0.2) is 34.1 Å². The number of nitrogens with one attached hydrogen (secondary N) is 1. The van der Waals surface area contributed by atoms with Crippen molar-refractivity contribution in [3.05, 3.63) is 17.0 Å². The van der Waals surface area contributed by atoms with Crippen LogP contribution in [0.4, 0.5) is 0 Å². The predicted molar refractivity (Wildman–Crippen MR) is 78.6 cm³/mol. The van der Waals surface area contributed by atoms with E-state index in [0.717, 1.165) is 24.5 Å². The van der Waals surface area contributed by atoms with Gasteiger partial charge in [0.05, 0.1) is 5.69 Å².